The number of furan rings is 1. The first-order chi connectivity index (χ1) is 17.0. The molecule has 2 amide bonds. The molecule has 0 saturated carbocycles. The minimum atomic E-state index is -0.406. The second kappa shape index (κ2) is 10.4. The predicted octanol–water partition coefficient (Wildman–Crippen LogP) is 3.60. The standard InChI is InChI=1S/C24H23FN6O3S/c25-17-3-4-18(20-2-1-11-34-20)29-19(17)14-26-13-15-6-9-31(10-7-15)23-27-8-5-16(28-23)12-21-22(32)30-24(33)35-21/h1-5,8,11-12,15,26H,6-7,9-10,13-14H2,(H,30,32,33). The Labute approximate surface area is 205 Å². The number of carbonyl (C=O) groups is 2. The predicted molar refractivity (Wildman–Crippen MR) is 130 cm³/mol. The maximum Gasteiger partial charge on any atom is 0.290 e. The van der Waals surface area contributed by atoms with Crippen LogP contribution in [0.15, 0.2) is 52.1 Å². The second-order valence-corrected chi connectivity index (χ2v) is 9.31. The first-order valence-electron chi connectivity index (χ1n) is 11.3. The lowest BCUT2D eigenvalue weighted by molar-refractivity contribution is -0.115. The van der Waals surface area contributed by atoms with E-state index in [0.29, 0.717) is 46.2 Å². The zero-order chi connectivity index (χ0) is 24.2. The molecule has 0 spiro atoms. The molecule has 0 atom stereocenters. The van der Waals surface area contributed by atoms with Crippen molar-refractivity contribution < 1.29 is 18.4 Å². The number of piperidine rings is 1. The summed E-state index contributed by atoms with van der Waals surface area (Å²) < 4.78 is 19.6. The van der Waals surface area contributed by atoms with Crippen molar-refractivity contribution in [1.82, 2.24) is 25.6 Å². The Morgan fingerprint density at radius 3 is 2.80 bits per heavy atom. The normalized spacial score (nSPS) is 17.9. The summed E-state index contributed by atoms with van der Waals surface area (Å²) in [5.41, 5.74) is 1.56. The molecule has 0 aliphatic carbocycles. The molecule has 3 aromatic heterocycles. The summed E-state index contributed by atoms with van der Waals surface area (Å²) in [7, 11) is 0. The largest absolute Gasteiger partial charge is 0.463 e. The third kappa shape index (κ3) is 5.57. The highest BCUT2D eigenvalue weighted by Crippen LogP contribution is 2.26. The summed E-state index contributed by atoms with van der Waals surface area (Å²) in [5.74, 6) is 0.905. The Balaban J connectivity index is 1.13. The number of thioether (sulfide) groups is 1. The monoisotopic (exact) mass is 494 g/mol. The van der Waals surface area contributed by atoms with Crippen LogP contribution < -0.4 is 15.5 Å². The molecule has 5 rings (SSSR count). The van der Waals surface area contributed by atoms with E-state index in [0.717, 1.165) is 44.2 Å². The molecule has 2 aliphatic rings. The van der Waals surface area contributed by atoms with Crippen molar-refractivity contribution in [3.05, 3.63) is 64.9 Å². The fourth-order valence-electron chi connectivity index (χ4n) is 4.05. The first-order valence-corrected chi connectivity index (χ1v) is 12.1. The van der Waals surface area contributed by atoms with Gasteiger partial charge in [0, 0.05) is 25.8 Å². The van der Waals surface area contributed by atoms with Crippen molar-refractivity contribution >= 4 is 34.9 Å². The van der Waals surface area contributed by atoms with E-state index < -0.39 is 5.91 Å². The summed E-state index contributed by atoms with van der Waals surface area (Å²) in [6.07, 6.45) is 6.70. The van der Waals surface area contributed by atoms with Crippen LogP contribution in [0.3, 0.4) is 0 Å². The van der Waals surface area contributed by atoms with Crippen molar-refractivity contribution in [2.75, 3.05) is 24.5 Å². The molecule has 3 aromatic rings. The van der Waals surface area contributed by atoms with Crippen LogP contribution in [0.2, 0.25) is 0 Å². The molecule has 0 unspecified atom stereocenters. The Bertz CT molecular complexity index is 1260. The molecule has 35 heavy (non-hydrogen) atoms. The molecule has 2 N–H and O–H groups in total. The van der Waals surface area contributed by atoms with Crippen LogP contribution in [-0.2, 0) is 11.3 Å². The van der Waals surface area contributed by atoms with Crippen molar-refractivity contribution in [2.45, 2.75) is 19.4 Å². The van der Waals surface area contributed by atoms with Gasteiger partial charge in [-0.25, -0.2) is 19.3 Å². The lowest BCUT2D eigenvalue weighted by Gasteiger charge is -2.32. The highest BCUT2D eigenvalue weighted by Gasteiger charge is 2.26. The van der Waals surface area contributed by atoms with Crippen molar-refractivity contribution in [3.63, 3.8) is 0 Å². The van der Waals surface area contributed by atoms with Gasteiger partial charge in [-0.05, 0) is 73.5 Å². The lowest BCUT2D eigenvalue weighted by Crippen LogP contribution is -2.38. The van der Waals surface area contributed by atoms with Gasteiger partial charge in [-0.3, -0.25) is 14.9 Å². The van der Waals surface area contributed by atoms with Gasteiger partial charge in [0.1, 0.15) is 11.5 Å². The Morgan fingerprint density at radius 2 is 2.06 bits per heavy atom. The molecule has 9 nitrogen and oxygen atoms in total. The number of imide groups is 1. The van der Waals surface area contributed by atoms with Crippen LogP contribution in [-0.4, -0.2) is 45.7 Å². The second-order valence-electron chi connectivity index (χ2n) is 8.30. The van der Waals surface area contributed by atoms with E-state index in [2.05, 4.69) is 30.5 Å². The fourth-order valence-corrected chi connectivity index (χ4v) is 4.72. The number of hydrogen-bond acceptors (Lipinski definition) is 9. The number of rotatable bonds is 7. The van der Waals surface area contributed by atoms with Gasteiger partial charge in [0.2, 0.25) is 5.95 Å². The Kier molecular flexibility index (Phi) is 6.87. The quantitative estimate of drug-likeness (QED) is 0.476. The number of nitrogens with one attached hydrogen (secondary N) is 2. The van der Waals surface area contributed by atoms with Gasteiger partial charge in [-0.2, -0.15) is 0 Å². The van der Waals surface area contributed by atoms with E-state index in [1.807, 2.05) is 0 Å². The van der Waals surface area contributed by atoms with Gasteiger partial charge in [0.05, 0.1) is 22.6 Å². The van der Waals surface area contributed by atoms with Crippen LogP contribution >= 0.6 is 11.8 Å². The van der Waals surface area contributed by atoms with Gasteiger partial charge in [0.25, 0.3) is 11.1 Å². The lowest BCUT2D eigenvalue weighted by atomic mass is 9.97. The highest BCUT2D eigenvalue weighted by atomic mass is 32.2. The molecular weight excluding hydrogens is 471 g/mol. The number of amides is 2. The number of halogens is 1. The third-order valence-electron chi connectivity index (χ3n) is 5.90. The number of pyridine rings is 1. The van der Waals surface area contributed by atoms with E-state index in [4.69, 9.17) is 4.42 Å². The van der Waals surface area contributed by atoms with E-state index >= 15 is 0 Å². The van der Waals surface area contributed by atoms with Gasteiger partial charge in [-0.1, -0.05) is 0 Å². The molecule has 2 fully saturated rings. The zero-order valence-corrected chi connectivity index (χ0v) is 19.6. The molecule has 2 aliphatic heterocycles. The first kappa shape index (κ1) is 23.2. The van der Waals surface area contributed by atoms with Gasteiger partial charge in [-0.15, -0.1) is 0 Å². The number of anilines is 1. The van der Waals surface area contributed by atoms with Crippen LogP contribution in [0.1, 0.15) is 24.2 Å². The van der Waals surface area contributed by atoms with Crippen molar-refractivity contribution in [3.8, 4) is 11.5 Å². The number of carbonyl (C=O) groups excluding carboxylic acids is 2. The fraction of sp³-hybridized carbons (Fsp3) is 0.292. The summed E-state index contributed by atoms with van der Waals surface area (Å²) in [6.45, 7) is 2.68. The third-order valence-corrected chi connectivity index (χ3v) is 6.71. The maximum atomic E-state index is 14.2. The highest BCUT2D eigenvalue weighted by molar-refractivity contribution is 8.18. The zero-order valence-electron chi connectivity index (χ0n) is 18.7. The van der Waals surface area contributed by atoms with Gasteiger partial charge in [0.15, 0.2) is 5.76 Å². The molecule has 0 radical (unpaired) electrons. The van der Waals surface area contributed by atoms with Crippen LogP contribution in [0.4, 0.5) is 15.1 Å². The van der Waals surface area contributed by atoms with Crippen molar-refractivity contribution in [2.24, 2.45) is 5.92 Å². The summed E-state index contributed by atoms with van der Waals surface area (Å²) in [6, 6.07) is 8.31. The Hall–Kier alpha value is -3.57. The van der Waals surface area contributed by atoms with E-state index in [1.165, 1.54) is 6.07 Å². The minimum Gasteiger partial charge on any atom is -0.463 e. The van der Waals surface area contributed by atoms with Crippen molar-refractivity contribution in [1.29, 1.82) is 0 Å². The number of nitrogens with zero attached hydrogens (tertiary/aromatic N) is 4. The summed E-state index contributed by atoms with van der Waals surface area (Å²) in [5, 5.41) is 5.20. The van der Waals surface area contributed by atoms with Gasteiger partial charge < -0.3 is 14.6 Å². The molecule has 2 saturated heterocycles. The Morgan fingerprint density at radius 1 is 1.20 bits per heavy atom. The van der Waals surface area contributed by atoms with E-state index in [1.54, 1.807) is 42.8 Å². The molecule has 0 aromatic carbocycles. The topological polar surface area (TPSA) is 113 Å². The summed E-state index contributed by atoms with van der Waals surface area (Å²) >= 11 is 0.865. The SMILES string of the molecule is O=C1NC(=O)C(=Cc2ccnc(N3CCC(CNCc4nc(-c5ccco5)ccc4F)CC3)n2)S1. The van der Waals surface area contributed by atoms with Gasteiger partial charge >= 0.3 is 0 Å². The summed E-state index contributed by atoms with van der Waals surface area (Å²) in [4.78, 5) is 38.9. The average Bonchev–Trinajstić information content (AvgIpc) is 3.51. The maximum absolute atomic E-state index is 14.2. The number of aromatic nitrogens is 3. The number of hydrogen-bond donors (Lipinski definition) is 2. The van der Waals surface area contributed by atoms with Crippen LogP contribution in [0.5, 0.6) is 0 Å². The van der Waals surface area contributed by atoms with Crippen LogP contribution in [0, 0.1) is 11.7 Å². The molecular formula is C24H23FN6O3S. The van der Waals surface area contributed by atoms with E-state index in [-0.39, 0.29) is 11.1 Å². The molecule has 0 bridgehead atoms. The minimum absolute atomic E-state index is 0.324. The van der Waals surface area contributed by atoms with E-state index in [9.17, 15) is 14.0 Å². The van der Waals surface area contributed by atoms with Crippen LogP contribution in [0.25, 0.3) is 17.5 Å². The molecule has 180 valence electrons. The molecule has 11 heteroatoms. The molecule has 5 heterocycles. The average molecular weight is 495 g/mol. The smallest absolute Gasteiger partial charge is 0.290 e.